The number of anilines is 1. The maximum absolute atomic E-state index is 8.83. The fraction of sp³-hybridized carbons (Fsp3) is 0.364. The molecule has 68 valence electrons. The topological polar surface area (TPSA) is 35.8 Å². The molecule has 1 N–H and O–H groups in total. The maximum atomic E-state index is 8.83. The summed E-state index contributed by atoms with van der Waals surface area (Å²) < 4.78 is 0. The number of nitriles is 1. The lowest BCUT2D eigenvalue weighted by Gasteiger charge is -2.20. The monoisotopic (exact) mass is 174 g/mol. The second-order valence-electron chi connectivity index (χ2n) is 3.68. The fourth-order valence-electron chi connectivity index (χ4n) is 1.08. The van der Waals surface area contributed by atoms with Gasteiger partial charge in [-0.2, -0.15) is 5.26 Å². The normalized spacial score (nSPS) is 10.6. The van der Waals surface area contributed by atoms with E-state index in [-0.39, 0.29) is 0 Å². The van der Waals surface area contributed by atoms with Crippen molar-refractivity contribution in [2.45, 2.75) is 26.3 Å². The average molecular weight is 174 g/mol. The second-order valence-corrected chi connectivity index (χ2v) is 3.68. The Kier molecular flexibility index (Phi) is 2.57. The zero-order valence-electron chi connectivity index (χ0n) is 8.26. The van der Waals surface area contributed by atoms with E-state index in [4.69, 9.17) is 5.26 Å². The molecular formula is C11H14N2. The molecule has 1 aromatic rings. The average Bonchev–Trinajstić information content (AvgIpc) is 2.09. The highest BCUT2D eigenvalue weighted by Gasteiger charge is 2.15. The summed E-state index contributed by atoms with van der Waals surface area (Å²) in [5, 5.41) is 12.0. The third-order valence-electron chi connectivity index (χ3n) is 1.87. The highest BCUT2D eigenvalue weighted by atomic mass is 15.0. The van der Waals surface area contributed by atoms with E-state index < -0.39 is 5.54 Å². The van der Waals surface area contributed by atoms with Crippen LogP contribution < -0.4 is 5.32 Å². The molecule has 2 heteroatoms. The maximum Gasteiger partial charge on any atom is 0.119 e. The number of hydrogen-bond acceptors (Lipinski definition) is 2. The van der Waals surface area contributed by atoms with Gasteiger partial charge < -0.3 is 5.32 Å². The van der Waals surface area contributed by atoms with Gasteiger partial charge in [-0.15, -0.1) is 0 Å². The van der Waals surface area contributed by atoms with Gasteiger partial charge in [0.05, 0.1) is 6.07 Å². The first-order valence-electron chi connectivity index (χ1n) is 4.30. The van der Waals surface area contributed by atoms with Crippen LogP contribution in [0.5, 0.6) is 0 Å². The summed E-state index contributed by atoms with van der Waals surface area (Å²) in [7, 11) is 0. The Bertz CT molecular complexity index is 334. The van der Waals surface area contributed by atoms with Crippen LogP contribution in [0.2, 0.25) is 0 Å². The minimum Gasteiger partial charge on any atom is -0.368 e. The highest BCUT2D eigenvalue weighted by Crippen LogP contribution is 2.18. The molecule has 0 aromatic heterocycles. The zero-order valence-corrected chi connectivity index (χ0v) is 8.26. The van der Waals surface area contributed by atoms with Gasteiger partial charge in [-0.1, -0.05) is 18.2 Å². The Hall–Kier alpha value is -1.49. The number of benzene rings is 1. The smallest absolute Gasteiger partial charge is 0.119 e. The molecule has 0 saturated heterocycles. The largest absolute Gasteiger partial charge is 0.368 e. The summed E-state index contributed by atoms with van der Waals surface area (Å²) in [4.78, 5) is 0. The van der Waals surface area contributed by atoms with Crippen LogP contribution in [0.3, 0.4) is 0 Å². The summed E-state index contributed by atoms with van der Waals surface area (Å²) in [6.45, 7) is 5.74. The molecule has 2 nitrogen and oxygen atoms in total. The molecule has 0 atom stereocenters. The van der Waals surface area contributed by atoms with Crippen molar-refractivity contribution in [1.29, 1.82) is 5.26 Å². The molecular weight excluding hydrogens is 160 g/mol. The van der Waals surface area contributed by atoms with E-state index in [1.165, 1.54) is 0 Å². The van der Waals surface area contributed by atoms with Gasteiger partial charge in [0.25, 0.3) is 0 Å². The molecule has 1 aromatic carbocycles. The van der Waals surface area contributed by atoms with Gasteiger partial charge in [-0.05, 0) is 32.4 Å². The van der Waals surface area contributed by atoms with Gasteiger partial charge >= 0.3 is 0 Å². The second kappa shape index (κ2) is 3.49. The first-order chi connectivity index (χ1) is 6.05. The SMILES string of the molecule is Cc1ccccc1NC(C)(C)C#N. The molecule has 0 aliphatic rings. The molecule has 0 spiro atoms. The van der Waals surface area contributed by atoms with Crippen LogP contribution in [0.15, 0.2) is 24.3 Å². The van der Waals surface area contributed by atoms with Gasteiger partial charge in [-0.3, -0.25) is 0 Å². The van der Waals surface area contributed by atoms with Crippen LogP contribution in [0.25, 0.3) is 0 Å². The van der Waals surface area contributed by atoms with Gasteiger partial charge in [0.1, 0.15) is 5.54 Å². The van der Waals surface area contributed by atoms with Crippen molar-refractivity contribution in [3.05, 3.63) is 29.8 Å². The summed E-state index contributed by atoms with van der Waals surface area (Å²) in [5.41, 5.74) is 1.67. The summed E-state index contributed by atoms with van der Waals surface area (Å²) in [6.07, 6.45) is 0. The van der Waals surface area contributed by atoms with Gasteiger partial charge in [0.15, 0.2) is 0 Å². The quantitative estimate of drug-likeness (QED) is 0.748. The lowest BCUT2D eigenvalue weighted by Crippen LogP contribution is -2.28. The minimum absolute atomic E-state index is 0.508. The molecule has 0 fully saturated rings. The summed E-state index contributed by atoms with van der Waals surface area (Å²) in [5.74, 6) is 0. The Morgan fingerprint density at radius 3 is 2.46 bits per heavy atom. The highest BCUT2D eigenvalue weighted by molar-refractivity contribution is 5.53. The standard InChI is InChI=1S/C11H14N2/c1-9-6-4-5-7-10(9)13-11(2,3)8-12/h4-7,13H,1-3H3. The predicted molar refractivity (Wildman–Crippen MR) is 54.5 cm³/mol. The van der Waals surface area contributed by atoms with Crippen molar-refractivity contribution in [3.63, 3.8) is 0 Å². The van der Waals surface area contributed by atoms with E-state index in [0.29, 0.717) is 0 Å². The minimum atomic E-state index is -0.508. The molecule has 0 saturated carbocycles. The van der Waals surface area contributed by atoms with E-state index in [1.807, 2.05) is 45.0 Å². The number of aryl methyl sites for hydroxylation is 1. The van der Waals surface area contributed by atoms with Crippen LogP contribution in [-0.4, -0.2) is 5.54 Å². The van der Waals surface area contributed by atoms with Crippen molar-refractivity contribution in [2.24, 2.45) is 0 Å². The summed E-state index contributed by atoms with van der Waals surface area (Å²) in [6, 6.07) is 10.2. The Morgan fingerprint density at radius 2 is 1.92 bits per heavy atom. The molecule has 0 aliphatic heterocycles. The van der Waals surface area contributed by atoms with Crippen molar-refractivity contribution in [3.8, 4) is 6.07 Å². The van der Waals surface area contributed by atoms with E-state index in [0.717, 1.165) is 11.3 Å². The molecule has 0 amide bonds. The van der Waals surface area contributed by atoms with E-state index in [2.05, 4.69) is 11.4 Å². The first-order valence-corrected chi connectivity index (χ1v) is 4.30. The molecule has 1 rings (SSSR count). The van der Waals surface area contributed by atoms with Crippen LogP contribution in [-0.2, 0) is 0 Å². The lowest BCUT2D eigenvalue weighted by molar-refractivity contribution is 0.728. The number of nitrogens with zero attached hydrogens (tertiary/aromatic N) is 1. The zero-order chi connectivity index (χ0) is 9.90. The van der Waals surface area contributed by atoms with Crippen LogP contribution >= 0.6 is 0 Å². The molecule has 0 heterocycles. The number of hydrogen-bond donors (Lipinski definition) is 1. The summed E-state index contributed by atoms with van der Waals surface area (Å²) >= 11 is 0. The van der Waals surface area contributed by atoms with Crippen LogP contribution in [0, 0.1) is 18.3 Å². The first kappa shape index (κ1) is 9.60. The van der Waals surface area contributed by atoms with Gasteiger partial charge in [-0.25, -0.2) is 0 Å². The van der Waals surface area contributed by atoms with E-state index in [9.17, 15) is 0 Å². The van der Waals surface area contributed by atoms with Crippen molar-refractivity contribution >= 4 is 5.69 Å². The predicted octanol–water partition coefficient (Wildman–Crippen LogP) is 2.71. The van der Waals surface area contributed by atoms with E-state index >= 15 is 0 Å². The molecule has 13 heavy (non-hydrogen) atoms. The van der Waals surface area contributed by atoms with Crippen molar-refractivity contribution in [1.82, 2.24) is 0 Å². The third-order valence-corrected chi connectivity index (χ3v) is 1.87. The Balaban J connectivity index is 2.88. The number of rotatable bonds is 2. The molecule has 0 unspecified atom stereocenters. The van der Waals surface area contributed by atoms with Gasteiger partial charge in [0.2, 0.25) is 0 Å². The van der Waals surface area contributed by atoms with Crippen molar-refractivity contribution in [2.75, 3.05) is 5.32 Å². The molecule has 0 radical (unpaired) electrons. The third kappa shape index (κ3) is 2.48. The lowest BCUT2D eigenvalue weighted by atomic mass is 10.1. The molecule has 0 bridgehead atoms. The van der Waals surface area contributed by atoms with Gasteiger partial charge in [0, 0.05) is 5.69 Å². The van der Waals surface area contributed by atoms with Crippen LogP contribution in [0.4, 0.5) is 5.69 Å². The van der Waals surface area contributed by atoms with Crippen molar-refractivity contribution < 1.29 is 0 Å². The Morgan fingerprint density at radius 1 is 1.31 bits per heavy atom. The Labute approximate surface area is 79.2 Å². The van der Waals surface area contributed by atoms with Crippen LogP contribution in [0.1, 0.15) is 19.4 Å². The number of nitrogens with one attached hydrogen (secondary N) is 1. The fourth-order valence-corrected chi connectivity index (χ4v) is 1.08. The number of para-hydroxylation sites is 1. The molecule has 0 aliphatic carbocycles. The van der Waals surface area contributed by atoms with E-state index in [1.54, 1.807) is 0 Å².